The van der Waals surface area contributed by atoms with Gasteiger partial charge in [0.2, 0.25) is 0 Å². The lowest BCUT2D eigenvalue weighted by Gasteiger charge is -2.26. The van der Waals surface area contributed by atoms with Gasteiger partial charge in [0.1, 0.15) is 5.75 Å². The number of hydrogen-bond donors (Lipinski definition) is 2. The highest BCUT2D eigenvalue weighted by Crippen LogP contribution is 2.28. The molecule has 1 aromatic heterocycles. The molecular formula is C15H17N3O2S. The number of nitrogens with zero attached hydrogens (tertiary/aromatic N) is 1. The number of fused-ring (bicyclic) bond motifs is 1. The lowest BCUT2D eigenvalue weighted by molar-refractivity contribution is -0.127. The van der Waals surface area contributed by atoms with E-state index in [1.807, 2.05) is 36.6 Å². The molecule has 0 bridgehead atoms. The summed E-state index contributed by atoms with van der Waals surface area (Å²) in [5, 5.41) is 9.17. The summed E-state index contributed by atoms with van der Waals surface area (Å²) in [6, 6.07) is 7.63. The molecule has 2 heterocycles. The van der Waals surface area contributed by atoms with Gasteiger partial charge in [-0.05, 0) is 19.1 Å². The predicted molar refractivity (Wildman–Crippen MR) is 82.9 cm³/mol. The molecule has 5 nitrogen and oxygen atoms in total. The Kier molecular flexibility index (Phi) is 4.06. The average Bonchev–Trinajstić information content (AvgIpc) is 2.92. The van der Waals surface area contributed by atoms with Crippen molar-refractivity contribution in [2.45, 2.75) is 19.4 Å². The van der Waals surface area contributed by atoms with Crippen LogP contribution in [0.25, 0.3) is 0 Å². The molecule has 1 amide bonds. The Balaban J connectivity index is 1.50. The number of anilines is 1. The minimum atomic E-state index is -0.488. The molecule has 1 aliphatic heterocycles. The van der Waals surface area contributed by atoms with Crippen LogP contribution in [0.1, 0.15) is 10.7 Å². The normalized spacial score (nSPS) is 16.5. The van der Waals surface area contributed by atoms with Gasteiger partial charge in [-0.3, -0.25) is 4.79 Å². The van der Waals surface area contributed by atoms with Crippen molar-refractivity contribution in [3.05, 3.63) is 40.3 Å². The first-order valence-electron chi connectivity index (χ1n) is 6.90. The standard InChI is InChI=1S/C15H17N3O2S/c1-10-9-21-14(18-10)6-7-16-15(19)13-8-17-11-4-2-3-5-12(11)20-13/h2-5,9,13,17H,6-8H2,1H3,(H,16,19). The zero-order valence-electron chi connectivity index (χ0n) is 11.8. The van der Waals surface area contributed by atoms with E-state index in [0.29, 0.717) is 13.1 Å². The lowest BCUT2D eigenvalue weighted by Crippen LogP contribution is -2.45. The molecule has 21 heavy (non-hydrogen) atoms. The Morgan fingerprint density at radius 3 is 3.19 bits per heavy atom. The van der Waals surface area contributed by atoms with Crippen molar-refractivity contribution in [3.8, 4) is 5.75 Å². The number of para-hydroxylation sites is 2. The van der Waals surface area contributed by atoms with Crippen LogP contribution in [0.2, 0.25) is 0 Å². The summed E-state index contributed by atoms with van der Waals surface area (Å²) in [7, 11) is 0. The maximum atomic E-state index is 12.1. The number of carbonyl (C=O) groups excluding carboxylic acids is 1. The fraction of sp³-hybridized carbons (Fsp3) is 0.333. The first-order valence-corrected chi connectivity index (χ1v) is 7.78. The first-order chi connectivity index (χ1) is 10.2. The molecule has 0 saturated carbocycles. The summed E-state index contributed by atoms with van der Waals surface area (Å²) in [5.74, 6) is 0.629. The highest BCUT2D eigenvalue weighted by molar-refractivity contribution is 7.09. The van der Waals surface area contributed by atoms with Gasteiger partial charge >= 0.3 is 0 Å². The molecule has 6 heteroatoms. The van der Waals surface area contributed by atoms with Crippen LogP contribution in [0, 0.1) is 6.92 Å². The molecule has 1 aliphatic rings. The van der Waals surface area contributed by atoms with Crippen LogP contribution < -0.4 is 15.4 Å². The van der Waals surface area contributed by atoms with E-state index in [1.54, 1.807) is 11.3 Å². The smallest absolute Gasteiger partial charge is 0.262 e. The van der Waals surface area contributed by atoms with E-state index < -0.39 is 6.10 Å². The molecule has 1 unspecified atom stereocenters. The molecule has 0 saturated heterocycles. The number of aromatic nitrogens is 1. The molecular weight excluding hydrogens is 286 g/mol. The van der Waals surface area contributed by atoms with Crippen LogP contribution >= 0.6 is 11.3 Å². The lowest BCUT2D eigenvalue weighted by atomic mass is 10.2. The van der Waals surface area contributed by atoms with Gasteiger partial charge in [-0.15, -0.1) is 11.3 Å². The third-order valence-corrected chi connectivity index (χ3v) is 4.26. The van der Waals surface area contributed by atoms with Crippen LogP contribution in [-0.4, -0.2) is 30.1 Å². The Bertz CT molecular complexity index is 641. The first kappa shape index (κ1) is 13.9. The molecule has 3 rings (SSSR count). The summed E-state index contributed by atoms with van der Waals surface area (Å²) in [6.45, 7) is 3.03. The second-order valence-electron chi connectivity index (χ2n) is 4.91. The molecule has 0 aliphatic carbocycles. The van der Waals surface area contributed by atoms with Gasteiger partial charge in [0.05, 0.1) is 17.2 Å². The van der Waals surface area contributed by atoms with E-state index in [2.05, 4.69) is 15.6 Å². The van der Waals surface area contributed by atoms with E-state index >= 15 is 0 Å². The Hall–Kier alpha value is -2.08. The van der Waals surface area contributed by atoms with Crippen molar-refractivity contribution in [2.75, 3.05) is 18.4 Å². The molecule has 2 aromatic rings. The second kappa shape index (κ2) is 6.13. The van der Waals surface area contributed by atoms with Gasteiger partial charge in [0, 0.05) is 24.0 Å². The van der Waals surface area contributed by atoms with Crippen molar-refractivity contribution in [3.63, 3.8) is 0 Å². The van der Waals surface area contributed by atoms with Gasteiger partial charge in [-0.25, -0.2) is 4.98 Å². The van der Waals surface area contributed by atoms with E-state index in [9.17, 15) is 4.79 Å². The predicted octanol–water partition coefficient (Wildman–Crippen LogP) is 1.98. The Morgan fingerprint density at radius 2 is 2.38 bits per heavy atom. The quantitative estimate of drug-likeness (QED) is 0.906. The van der Waals surface area contributed by atoms with Gasteiger partial charge < -0.3 is 15.4 Å². The largest absolute Gasteiger partial charge is 0.477 e. The zero-order valence-corrected chi connectivity index (χ0v) is 12.6. The number of thiazole rings is 1. The number of ether oxygens (including phenoxy) is 1. The van der Waals surface area contributed by atoms with E-state index in [1.165, 1.54) is 0 Å². The topological polar surface area (TPSA) is 63.2 Å². The van der Waals surface area contributed by atoms with Gasteiger partial charge in [0.15, 0.2) is 6.10 Å². The van der Waals surface area contributed by atoms with Crippen LogP contribution in [0.4, 0.5) is 5.69 Å². The minimum Gasteiger partial charge on any atom is -0.477 e. The number of carbonyl (C=O) groups is 1. The van der Waals surface area contributed by atoms with Crippen molar-refractivity contribution in [2.24, 2.45) is 0 Å². The van der Waals surface area contributed by atoms with Crippen LogP contribution in [0.15, 0.2) is 29.6 Å². The van der Waals surface area contributed by atoms with Crippen molar-refractivity contribution >= 4 is 22.9 Å². The summed E-state index contributed by atoms with van der Waals surface area (Å²) < 4.78 is 5.71. The van der Waals surface area contributed by atoms with Crippen LogP contribution in [0.3, 0.4) is 0 Å². The van der Waals surface area contributed by atoms with Crippen molar-refractivity contribution < 1.29 is 9.53 Å². The fourth-order valence-electron chi connectivity index (χ4n) is 2.18. The molecule has 1 atom stereocenters. The molecule has 1 aromatic carbocycles. The summed E-state index contributed by atoms with van der Waals surface area (Å²) >= 11 is 1.62. The fourth-order valence-corrected chi connectivity index (χ4v) is 2.96. The van der Waals surface area contributed by atoms with Gasteiger partial charge in [-0.2, -0.15) is 0 Å². The number of nitrogens with one attached hydrogen (secondary N) is 2. The average molecular weight is 303 g/mol. The van der Waals surface area contributed by atoms with Crippen LogP contribution in [-0.2, 0) is 11.2 Å². The third kappa shape index (κ3) is 3.33. The number of benzene rings is 1. The number of amides is 1. The summed E-state index contributed by atoms with van der Waals surface area (Å²) in [5.41, 5.74) is 1.96. The highest BCUT2D eigenvalue weighted by Gasteiger charge is 2.25. The second-order valence-corrected chi connectivity index (χ2v) is 5.85. The number of aryl methyl sites for hydroxylation is 1. The Labute approximate surface area is 127 Å². The van der Waals surface area contributed by atoms with Crippen molar-refractivity contribution in [1.29, 1.82) is 0 Å². The zero-order chi connectivity index (χ0) is 14.7. The van der Waals surface area contributed by atoms with Crippen molar-refractivity contribution in [1.82, 2.24) is 10.3 Å². The maximum absolute atomic E-state index is 12.1. The van der Waals surface area contributed by atoms with Gasteiger partial charge in [-0.1, -0.05) is 12.1 Å². The molecule has 0 fully saturated rings. The SMILES string of the molecule is Cc1csc(CCNC(=O)C2CNc3ccccc3O2)n1. The summed E-state index contributed by atoms with van der Waals surface area (Å²) in [4.78, 5) is 16.5. The van der Waals surface area contributed by atoms with Gasteiger partial charge in [0.25, 0.3) is 5.91 Å². The summed E-state index contributed by atoms with van der Waals surface area (Å²) in [6.07, 6.45) is 0.263. The minimum absolute atomic E-state index is 0.0923. The van der Waals surface area contributed by atoms with Crippen LogP contribution in [0.5, 0.6) is 5.75 Å². The van der Waals surface area contributed by atoms with E-state index in [4.69, 9.17) is 4.74 Å². The Morgan fingerprint density at radius 1 is 1.52 bits per heavy atom. The number of rotatable bonds is 4. The third-order valence-electron chi connectivity index (χ3n) is 3.23. The molecule has 0 spiro atoms. The highest BCUT2D eigenvalue weighted by atomic mass is 32.1. The number of hydrogen-bond acceptors (Lipinski definition) is 5. The molecule has 0 radical (unpaired) electrons. The van der Waals surface area contributed by atoms with E-state index in [0.717, 1.165) is 28.6 Å². The maximum Gasteiger partial charge on any atom is 0.262 e. The molecule has 110 valence electrons. The monoisotopic (exact) mass is 303 g/mol. The molecule has 2 N–H and O–H groups in total. The van der Waals surface area contributed by atoms with E-state index in [-0.39, 0.29) is 5.91 Å².